The van der Waals surface area contributed by atoms with E-state index < -0.39 is 10.8 Å². The summed E-state index contributed by atoms with van der Waals surface area (Å²) in [5.74, 6) is -0.0727. The van der Waals surface area contributed by atoms with Crippen LogP contribution in [0.5, 0.6) is 11.5 Å². The van der Waals surface area contributed by atoms with Crippen LogP contribution in [0.25, 0.3) is 0 Å². The molecule has 0 bridgehead atoms. The number of primary amides is 1. The van der Waals surface area contributed by atoms with Crippen LogP contribution in [0.1, 0.15) is 24.0 Å². The molecule has 0 aromatic heterocycles. The predicted molar refractivity (Wildman–Crippen MR) is 125 cm³/mol. The van der Waals surface area contributed by atoms with Gasteiger partial charge in [0.05, 0.1) is 18.2 Å². The lowest BCUT2D eigenvalue weighted by molar-refractivity contribution is -0.384. The number of carbonyl (C=O) groups excluding carboxylic acids is 2. The number of nitrogens with one attached hydrogen (secondary N) is 1. The van der Waals surface area contributed by atoms with Gasteiger partial charge in [0.2, 0.25) is 5.91 Å². The number of nitro benzene ring substituents is 1. The first-order valence-corrected chi connectivity index (χ1v) is 10.7. The van der Waals surface area contributed by atoms with Crippen molar-refractivity contribution in [2.45, 2.75) is 19.4 Å². The number of hydrogen-bond donors (Lipinski definition) is 2. The number of non-ortho nitro benzene ring substituents is 1. The number of nitrogens with zero attached hydrogens (tertiary/aromatic N) is 3. The lowest BCUT2D eigenvalue weighted by Gasteiger charge is -2.30. The highest BCUT2D eigenvalue weighted by Gasteiger charge is 2.25. The Balaban J connectivity index is 1.45. The molecular weight excluding hydrogens is 442 g/mol. The lowest BCUT2D eigenvalue weighted by atomic mass is 9.96. The van der Waals surface area contributed by atoms with Gasteiger partial charge in [-0.1, -0.05) is 12.1 Å². The number of rotatable bonds is 10. The molecule has 0 unspecified atom stereocenters. The van der Waals surface area contributed by atoms with Gasteiger partial charge >= 0.3 is 0 Å². The first-order valence-electron chi connectivity index (χ1n) is 10.7. The summed E-state index contributed by atoms with van der Waals surface area (Å²) in [5, 5.41) is 14.8. The summed E-state index contributed by atoms with van der Waals surface area (Å²) < 4.78 is 10.5. The van der Waals surface area contributed by atoms with E-state index in [1.54, 1.807) is 30.3 Å². The second-order valence-corrected chi connectivity index (χ2v) is 7.87. The third kappa shape index (κ3) is 7.01. The molecule has 2 aromatic carbocycles. The molecular formula is C23H27N5O6. The number of nitrogens with two attached hydrogens (primary N) is 1. The van der Waals surface area contributed by atoms with Crippen molar-refractivity contribution in [1.29, 1.82) is 0 Å². The molecule has 1 aliphatic heterocycles. The van der Waals surface area contributed by atoms with Crippen LogP contribution in [0.2, 0.25) is 0 Å². The minimum atomic E-state index is -0.590. The number of piperidine rings is 1. The summed E-state index contributed by atoms with van der Waals surface area (Å²) in [7, 11) is 1.48. The minimum Gasteiger partial charge on any atom is -0.493 e. The predicted octanol–water partition coefficient (Wildman–Crippen LogP) is 1.83. The SMILES string of the molecule is COc1cc(C=NNC(=O)C2CCN(Cc3ccc([N+](=O)[O-])cc3)CC2)ccc1OCC(N)=O. The summed E-state index contributed by atoms with van der Waals surface area (Å²) in [5.41, 5.74) is 9.43. The van der Waals surface area contributed by atoms with Crippen molar-refractivity contribution in [3.63, 3.8) is 0 Å². The summed E-state index contributed by atoms with van der Waals surface area (Å²) in [6.45, 7) is 1.93. The second kappa shape index (κ2) is 11.8. The summed E-state index contributed by atoms with van der Waals surface area (Å²) in [6.07, 6.45) is 2.91. The molecule has 1 fully saturated rings. The van der Waals surface area contributed by atoms with E-state index >= 15 is 0 Å². The highest BCUT2D eigenvalue weighted by Crippen LogP contribution is 2.27. The van der Waals surface area contributed by atoms with E-state index in [4.69, 9.17) is 15.2 Å². The molecule has 1 aliphatic rings. The van der Waals surface area contributed by atoms with Crippen LogP contribution in [-0.2, 0) is 16.1 Å². The Morgan fingerprint density at radius 1 is 1.21 bits per heavy atom. The molecule has 0 radical (unpaired) electrons. The number of benzene rings is 2. The van der Waals surface area contributed by atoms with E-state index in [9.17, 15) is 19.7 Å². The summed E-state index contributed by atoms with van der Waals surface area (Å²) >= 11 is 0. The Kier molecular flexibility index (Phi) is 8.52. The van der Waals surface area contributed by atoms with E-state index in [1.807, 2.05) is 0 Å². The van der Waals surface area contributed by atoms with Crippen molar-refractivity contribution in [3.05, 3.63) is 63.7 Å². The smallest absolute Gasteiger partial charge is 0.269 e. The number of amides is 2. The molecule has 11 heteroatoms. The number of ether oxygens (including phenoxy) is 2. The average Bonchev–Trinajstić information content (AvgIpc) is 2.83. The van der Waals surface area contributed by atoms with Gasteiger partial charge in [0, 0.05) is 24.6 Å². The second-order valence-electron chi connectivity index (χ2n) is 7.87. The Morgan fingerprint density at radius 3 is 2.53 bits per heavy atom. The van der Waals surface area contributed by atoms with Crippen molar-refractivity contribution >= 4 is 23.7 Å². The molecule has 0 atom stereocenters. The van der Waals surface area contributed by atoms with Gasteiger partial charge in [0.15, 0.2) is 18.1 Å². The number of hydrogen-bond acceptors (Lipinski definition) is 8. The van der Waals surface area contributed by atoms with Crippen molar-refractivity contribution in [2.75, 3.05) is 26.8 Å². The normalized spacial score (nSPS) is 14.6. The van der Waals surface area contributed by atoms with E-state index in [1.165, 1.54) is 25.5 Å². The molecule has 0 spiro atoms. The average molecular weight is 469 g/mol. The lowest BCUT2D eigenvalue weighted by Crippen LogP contribution is -2.39. The molecule has 3 rings (SSSR count). The first kappa shape index (κ1) is 24.6. The van der Waals surface area contributed by atoms with E-state index in [0.29, 0.717) is 36.4 Å². The topological polar surface area (TPSA) is 149 Å². The maximum Gasteiger partial charge on any atom is 0.269 e. The van der Waals surface area contributed by atoms with Crippen molar-refractivity contribution < 1.29 is 24.0 Å². The monoisotopic (exact) mass is 469 g/mol. The van der Waals surface area contributed by atoms with Crippen LogP contribution in [0, 0.1) is 16.0 Å². The number of methoxy groups -OCH3 is 1. The fraction of sp³-hybridized carbons (Fsp3) is 0.348. The Bertz CT molecular complexity index is 1050. The standard InChI is InChI=1S/C23H27N5O6/c1-33-21-12-17(4-7-20(21)34-15-22(24)29)13-25-26-23(30)18-8-10-27(11-9-18)14-16-2-5-19(6-3-16)28(31)32/h2-7,12-13,18H,8-11,14-15H2,1H3,(H2,24,29)(H,26,30). The van der Waals surface area contributed by atoms with Gasteiger partial charge in [-0.25, -0.2) is 5.43 Å². The molecule has 34 heavy (non-hydrogen) atoms. The summed E-state index contributed by atoms with van der Waals surface area (Å²) in [6, 6.07) is 11.5. The molecule has 2 amide bonds. The third-order valence-corrected chi connectivity index (χ3v) is 5.46. The van der Waals surface area contributed by atoms with Gasteiger partial charge in [0.25, 0.3) is 11.6 Å². The van der Waals surface area contributed by atoms with Crippen LogP contribution < -0.4 is 20.6 Å². The molecule has 3 N–H and O–H groups in total. The van der Waals surface area contributed by atoms with Crippen molar-refractivity contribution in [1.82, 2.24) is 10.3 Å². The van der Waals surface area contributed by atoms with Crippen molar-refractivity contribution in [2.24, 2.45) is 16.8 Å². The molecule has 11 nitrogen and oxygen atoms in total. The van der Waals surface area contributed by atoms with Crippen molar-refractivity contribution in [3.8, 4) is 11.5 Å². The number of likely N-dealkylation sites (tertiary alicyclic amines) is 1. The maximum atomic E-state index is 12.5. The van der Waals surface area contributed by atoms with Crippen LogP contribution in [-0.4, -0.2) is 54.7 Å². The molecule has 180 valence electrons. The van der Waals surface area contributed by atoms with Crippen LogP contribution in [0.3, 0.4) is 0 Å². The number of carbonyl (C=O) groups is 2. The van der Waals surface area contributed by atoms with Gasteiger partial charge < -0.3 is 15.2 Å². The Hall–Kier alpha value is -3.99. The Morgan fingerprint density at radius 2 is 1.91 bits per heavy atom. The molecule has 0 aliphatic carbocycles. The zero-order valence-corrected chi connectivity index (χ0v) is 18.8. The van der Waals surface area contributed by atoms with Crippen LogP contribution in [0.4, 0.5) is 5.69 Å². The zero-order valence-electron chi connectivity index (χ0n) is 18.8. The van der Waals surface area contributed by atoms with Crippen LogP contribution in [0.15, 0.2) is 47.6 Å². The molecule has 2 aromatic rings. The minimum absolute atomic E-state index is 0.0745. The zero-order chi connectivity index (χ0) is 24.5. The number of nitro groups is 1. The van der Waals surface area contributed by atoms with E-state index in [0.717, 1.165) is 18.7 Å². The van der Waals surface area contributed by atoms with Gasteiger partial charge in [-0.15, -0.1) is 0 Å². The molecule has 0 saturated carbocycles. The van der Waals surface area contributed by atoms with Gasteiger partial charge in [0.1, 0.15) is 0 Å². The van der Waals surface area contributed by atoms with E-state index in [-0.39, 0.29) is 24.1 Å². The van der Waals surface area contributed by atoms with Gasteiger partial charge in [-0.2, -0.15) is 5.10 Å². The highest BCUT2D eigenvalue weighted by molar-refractivity contribution is 5.84. The number of hydrazone groups is 1. The van der Waals surface area contributed by atoms with Gasteiger partial charge in [-0.05, 0) is 55.3 Å². The largest absolute Gasteiger partial charge is 0.493 e. The van der Waals surface area contributed by atoms with Gasteiger partial charge in [-0.3, -0.25) is 24.6 Å². The fourth-order valence-corrected chi connectivity index (χ4v) is 3.63. The quantitative estimate of drug-likeness (QED) is 0.306. The third-order valence-electron chi connectivity index (χ3n) is 5.46. The van der Waals surface area contributed by atoms with E-state index in [2.05, 4.69) is 15.4 Å². The molecule has 1 heterocycles. The summed E-state index contributed by atoms with van der Waals surface area (Å²) in [4.78, 5) is 35.9. The van der Waals surface area contributed by atoms with Crippen LogP contribution >= 0.6 is 0 Å². The Labute approximate surface area is 196 Å². The highest BCUT2D eigenvalue weighted by atomic mass is 16.6. The molecule has 1 saturated heterocycles. The first-order chi connectivity index (χ1) is 16.4. The fourth-order valence-electron chi connectivity index (χ4n) is 3.63. The maximum absolute atomic E-state index is 12.5.